The zero-order valence-corrected chi connectivity index (χ0v) is 15.0. The van der Waals surface area contributed by atoms with Crippen LogP contribution in [-0.2, 0) is 0 Å². The summed E-state index contributed by atoms with van der Waals surface area (Å²) in [4.78, 5) is 0. The van der Waals surface area contributed by atoms with Gasteiger partial charge in [-0.25, -0.2) is 0 Å². The van der Waals surface area contributed by atoms with Gasteiger partial charge < -0.3 is 0 Å². The Morgan fingerprint density at radius 3 is 1.48 bits per heavy atom. The van der Waals surface area contributed by atoms with E-state index in [9.17, 15) is 0 Å². The Morgan fingerprint density at radius 2 is 0.952 bits per heavy atom. The molecular weight excluding hydrogens is 252 g/mol. The van der Waals surface area contributed by atoms with Gasteiger partial charge in [0.05, 0.1) is 0 Å². The molecule has 21 heavy (non-hydrogen) atoms. The molecule has 1 aliphatic carbocycles. The van der Waals surface area contributed by atoms with Gasteiger partial charge in [-0.15, -0.1) is 0 Å². The van der Waals surface area contributed by atoms with Crippen LogP contribution in [0.4, 0.5) is 0 Å². The average molecular weight is 295 g/mol. The van der Waals surface area contributed by atoms with Gasteiger partial charge in [0.25, 0.3) is 0 Å². The first-order chi connectivity index (χ1) is 10.4. The van der Waals surface area contributed by atoms with E-state index in [4.69, 9.17) is 0 Å². The van der Waals surface area contributed by atoms with Crippen LogP contribution in [0.5, 0.6) is 0 Å². The Morgan fingerprint density at radius 1 is 0.524 bits per heavy atom. The molecule has 0 amide bonds. The third kappa shape index (κ3) is 12.2. The topological polar surface area (TPSA) is 0 Å². The highest BCUT2D eigenvalue weighted by atomic mass is 14.2. The van der Waals surface area contributed by atoms with Crippen LogP contribution in [0, 0.1) is 5.92 Å². The molecule has 0 aromatic carbocycles. The summed E-state index contributed by atoms with van der Waals surface area (Å²) in [6, 6.07) is 0. The molecule has 0 saturated heterocycles. The highest BCUT2D eigenvalue weighted by Gasteiger charge is 2.09. The zero-order chi connectivity index (χ0) is 15.0. The van der Waals surface area contributed by atoms with Crippen molar-refractivity contribution in [2.24, 2.45) is 5.92 Å². The molecule has 1 fully saturated rings. The van der Waals surface area contributed by atoms with Gasteiger partial charge >= 0.3 is 0 Å². The summed E-state index contributed by atoms with van der Waals surface area (Å²) < 4.78 is 0. The summed E-state index contributed by atoms with van der Waals surface area (Å²) in [5.74, 6) is 1.07. The molecule has 0 heterocycles. The summed E-state index contributed by atoms with van der Waals surface area (Å²) in [7, 11) is 0. The molecule has 0 aromatic rings. The largest absolute Gasteiger partial charge is 0.0654 e. The van der Waals surface area contributed by atoms with Crippen LogP contribution in [0.1, 0.15) is 129 Å². The van der Waals surface area contributed by atoms with Gasteiger partial charge in [0.15, 0.2) is 0 Å². The summed E-state index contributed by atoms with van der Waals surface area (Å²) in [6.45, 7) is 2.31. The average Bonchev–Trinajstić information content (AvgIpc) is 2.56. The summed E-state index contributed by atoms with van der Waals surface area (Å²) in [5, 5.41) is 0. The first-order valence-electron chi connectivity index (χ1n) is 10.4. The van der Waals surface area contributed by atoms with E-state index in [0.29, 0.717) is 0 Å². The molecule has 1 rings (SSSR count). The van der Waals surface area contributed by atoms with Crippen molar-refractivity contribution < 1.29 is 0 Å². The molecule has 0 N–H and O–H groups in total. The number of hydrogen-bond donors (Lipinski definition) is 0. The maximum Gasteiger partial charge on any atom is -0.0414 e. The molecule has 0 bridgehead atoms. The SMILES string of the molecule is CCCCCCCCCCC1CCCCCCCCCC1. The second-order valence-corrected chi connectivity index (χ2v) is 7.54. The van der Waals surface area contributed by atoms with Crippen LogP contribution in [0.15, 0.2) is 0 Å². The third-order valence-electron chi connectivity index (χ3n) is 5.44. The number of hydrogen-bond acceptors (Lipinski definition) is 0. The van der Waals surface area contributed by atoms with Crippen molar-refractivity contribution in [1.29, 1.82) is 0 Å². The molecule has 0 heteroatoms. The zero-order valence-electron chi connectivity index (χ0n) is 15.0. The van der Waals surface area contributed by atoms with Crippen molar-refractivity contribution >= 4 is 0 Å². The van der Waals surface area contributed by atoms with Crippen LogP contribution in [0.2, 0.25) is 0 Å². The predicted molar refractivity (Wildman–Crippen MR) is 96.9 cm³/mol. The summed E-state index contributed by atoms with van der Waals surface area (Å²) >= 11 is 0. The van der Waals surface area contributed by atoms with Gasteiger partial charge in [0, 0.05) is 0 Å². The molecule has 126 valence electrons. The van der Waals surface area contributed by atoms with E-state index in [1.807, 2.05) is 0 Å². The van der Waals surface area contributed by atoms with Crippen molar-refractivity contribution in [1.82, 2.24) is 0 Å². The van der Waals surface area contributed by atoms with Gasteiger partial charge in [0.1, 0.15) is 0 Å². The van der Waals surface area contributed by atoms with E-state index in [1.165, 1.54) is 122 Å². The van der Waals surface area contributed by atoms with Gasteiger partial charge in [-0.2, -0.15) is 0 Å². The van der Waals surface area contributed by atoms with Crippen molar-refractivity contribution in [2.45, 2.75) is 129 Å². The van der Waals surface area contributed by atoms with Gasteiger partial charge in [-0.05, 0) is 5.92 Å². The lowest BCUT2D eigenvalue weighted by atomic mass is 9.90. The summed E-state index contributed by atoms with van der Waals surface area (Å²) in [5.41, 5.74) is 0. The lowest BCUT2D eigenvalue weighted by molar-refractivity contribution is 0.372. The lowest BCUT2D eigenvalue weighted by Crippen LogP contribution is -2.01. The van der Waals surface area contributed by atoms with Crippen LogP contribution >= 0.6 is 0 Å². The van der Waals surface area contributed by atoms with Gasteiger partial charge in [0.2, 0.25) is 0 Å². The van der Waals surface area contributed by atoms with Crippen LogP contribution in [0.3, 0.4) is 0 Å². The number of rotatable bonds is 9. The maximum absolute atomic E-state index is 2.31. The first-order valence-corrected chi connectivity index (χ1v) is 10.4. The summed E-state index contributed by atoms with van der Waals surface area (Å²) in [6.07, 6.45) is 28.5. The normalized spacial score (nSPS) is 19.3. The Hall–Kier alpha value is 0. The molecule has 0 nitrogen and oxygen atoms in total. The monoisotopic (exact) mass is 294 g/mol. The Kier molecular flexibility index (Phi) is 13.5. The van der Waals surface area contributed by atoms with Crippen molar-refractivity contribution in [3.05, 3.63) is 0 Å². The van der Waals surface area contributed by atoms with E-state index in [1.54, 1.807) is 0 Å². The fourth-order valence-corrected chi connectivity index (χ4v) is 3.93. The highest BCUT2D eigenvalue weighted by Crippen LogP contribution is 2.25. The highest BCUT2D eigenvalue weighted by molar-refractivity contribution is 4.63. The second kappa shape index (κ2) is 14.9. The minimum atomic E-state index is 1.07. The van der Waals surface area contributed by atoms with Gasteiger partial charge in [-0.3, -0.25) is 0 Å². The number of unbranched alkanes of at least 4 members (excludes halogenated alkanes) is 7. The van der Waals surface area contributed by atoms with Crippen molar-refractivity contribution in [3.8, 4) is 0 Å². The van der Waals surface area contributed by atoms with E-state index >= 15 is 0 Å². The van der Waals surface area contributed by atoms with E-state index in [2.05, 4.69) is 6.92 Å². The molecule has 0 radical (unpaired) electrons. The van der Waals surface area contributed by atoms with Gasteiger partial charge in [-0.1, -0.05) is 129 Å². The minimum absolute atomic E-state index is 1.07. The van der Waals surface area contributed by atoms with Crippen molar-refractivity contribution in [3.63, 3.8) is 0 Å². The van der Waals surface area contributed by atoms with Crippen LogP contribution in [0.25, 0.3) is 0 Å². The van der Waals surface area contributed by atoms with Crippen molar-refractivity contribution in [2.75, 3.05) is 0 Å². The fourth-order valence-electron chi connectivity index (χ4n) is 3.93. The molecule has 0 unspecified atom stereocenters. The lowest BCUT2D eigenvalue weighted by Gasteiger charge is -2.16. The third-order valence-corrected chi connectivity index (χ3v) is 5.44. The maximum atomic E-state index is 2.31. The smallest absolute Gasteiger partial charge is 0.0414 e. The standard InChI is InChI=1S/C21H42/c1-2-3-4-5-6-9-12-15-18-21-19-16-13-10-7-8-11-14-17-20-21/h21H,2-20H2,1H3. The molecule has 0 atom stereocenters. The minimum Gasteiger partial charge on any atom is -0.0654 e. The van der Waals surface area contributed by atoms with Crippen LogP contribution in [-0.4, -0.2) is 0 Å². The van der Waals surface area contributed by atoms with E-state index in [-0.39, 0.29) is 0 Å². The van der Waals surface area contributed by atoms with E-state index in [0.717, 1.165) is 5.92 Å². The fraction of sp³-hybridized carbons (Fsp3) is 1.00. The first kappa shape index (κ1) is 19.0. The predicted octanol–water partition coefficient (Wildman–Crippen LogP) is 8.05. The molecule has 1 saturated carbocycles. The second-order valence-electron chi connectivity index (χ2n) is 7.54. The Labute approximate surface area is 135 Å². The molecule has 0 spiro atoms. The molecule has 0 aliphatic heterocycles. The molecular formula is C21H42. The van der Waals surface area contributed by atoms with E-state index < -0.39 is 0 Å². The quantitative estimate of drug-likeness (QED) is 0.377. The Bertz CT molecular complexity index is 184. The Balaban J connectivity index is 1.99. The molecule has 0 aromatic heterocycles. The van der Waals surface area contributed by atoms with Crippen LogP contribution < -0.4 is 0 Å². The molecule has 1 aliphatic rings.